The van der Waals surface area contributed by atoms with Gasteiger partial charge in [0.15, 0.2) is 0 Å². The maximum Gasteiger partial charge on any atom is 0.416 e. The van der Waals surface area contributed by atoms with Crippen molar-refractivity contribution in [2.24, 2.45) is 0 Å². The molecule has 0 saturated heterocycles. The van der Waals surface area contributed by atoms with Crippen LogP contribution in [0.2, 0.25) is 0 Å². The normalized spacial score (nSPS) is 11.7. The molecule has 0 radical (unpaired) electrons. The van der Waals surface area contributed by atoms with Crippen LogP contribution in [0.4, 0.5) is 17.6 Å². The number of fused-ring (bicyclic) bond motifs is 1. The Labute approximate surface area is 228 Å². The fourth-order valence-electron chi connectivity index (χ4n) is 4.69. The van der Waals surface area contributed by atoms with Gasteiger partial charge >= 0.3 is 6.18 Å². The van der Waals surface area contributed by atoms with Crippen molar-refractivity contribution in [3.05, 3.63) is 107 Å². The summed E-state index contributed by atoms with van der Waals surface area (Å²) in [5.41, 5.74) is 2.71. The molecule has 6 heteroatoms. The lowest BCUT2D eigenvalue weighted by Gasteiger charge is -2.10. The Hall–Kier alpha value is -3.41. The zero-order chi connectivity index (χ0) is 27.7. The first-order chi connectivity index (χ1) is 18.8. The molecule has 0 fully saturated rings. The minimum Gasteiger partial charge on any atom is -0.492 e. The van der Waals surface area contributed by atoms with E-state index in [9.17, 15) is 13.2 Å². The van der Waals surface area contributed by atoms with Gasteiger partial charge in [-0.25, -0.2) is 4.39 Å². The van der Waals surface area contributed by atoms with Crippen LogP contribution >= 0.6 is 0 Å². The molecule has 206 valence electrons. The number of halogens is 4. The van der Waals surface area contributed by atoms with Crippen molar-refractivity contribution < 1.29 is 22.3 Å². The second-order valence-electron chi connectivity index (χ2n) is 10.0. The number of rotatable bonds is 13. The Morgan fingerprint density at radius 3 is 2.21 bits per heavy atom. The summed E-state index contributed by atoms with van der Waals surface area (Å²) in [6.07, 6.45) is 5.89. The highest BCUT2D eigenvalue weighted by molar-refractivity contribution is 5.84. The van der Waals surface area contributed by atoms with Crippen molar-refractivity contribution in [3.8, 4) is 5.75 Å². The van der Waals surface area contributed by atoms with Gasteiger partial charge in [-0.3, -0.25) is 4.98 Å². The fraction of sp³-hybridized carbons (Fsp3) is 0.364. The molecule has 0 N–H and O–H groups in total. The molecule has 1 aromatic heterocycles. The third kappa shape index (κ3) is 8.29. The highest BCUT2D eigenvalue weighted by Crippen LogP contribution is 2.29. The van der Waals surface area contributed by atoms with Gasteiger partial charge in [0.2, 0.25) is 0 Å². The van der Waals surface area contributed by atoms with E-state index in [-0.39, 0.29) is 5.82 Å². The van der Waals surface area contributed by atoms with E-state index in [2.05, 4.69) is 11.9 Å². The van der Waals surface area contributed by atoms with Crippen molar-refractivity contribution in [1.29, 1.82) is 0 Å². The number of aromatic nitrogens is 1. The fourth-order valence-corrected chi connectivity index (χ4v) is 4.69. The van der Waals surface area contributed by atoms with Crippen molar-refractivity contribution in [1.82, 2.24) is 4.98 Å². The smallest absolute Gasteiger partial charge is 0.416 e. The van der Waals surface area contributed by atoms with Gasteiger partial charge in [0.05, 0.1) is 18.4 Å². The number of ether oxygens (including phenoxy) is 1. The number of hydrogen-bond donors (Lipinski definition) is 0. The summed E-state index contributed by atoms with van der Waals surface area (Å²) in [6, 6.07) is 18.5. The van der Waals surface area contributed by atoms with E-state index in [1.54, 1.807) is 12.3 Å². The van der Waals surface area contributed by atoms with Gasteiger partial charge in [0.1, 0.15) is 11.6 Å². The third-order valence-electron chi connectivity index (χ3n) is 7.05. The molecule has 1 heterocycles. The zero-order valence-electron chi connectivity index (χ0n) is 22.4. The third-order valence-corrected chi connectivity index (χ3v) is 7.05. The molecule has 0 aliphatic carbocycles. The number of pyridine rings is 1. The molecular formula is C33H35F4NO. The van der Waals surface area contributed by atoms with E-state index in [0.29, 0.717) is 23.8 Å². The van der Waals surface area contributed by atoms with Gasteiger partial charge in [-0.15, -0.1) is 0 Å². The predicted octanol–water partition coefficient (Wildman–Crippen LogP) is 9.31. The molecule has 0 aliphatic rings. The summed E-state index contributed by atoms with van der Waals surface area (Å²) < 4.78 is 59.3. The second kappa shape index (κ2) is 13.6. The Morgan fingerprint density at radius 1 is 0.744 bits per heavy atom. The van der Waals surface area contributed by atoms with Crippen molar-refractivity contribution in [3.63, 3.8) is 0 Å². The van der Waals surface area contributed by atoms with Crippen molar-refractivity contribution in [2.45, 2.75) is 70.9 Å². The summed E-state index contributed by atoms with van der Waals surface area (Å²) in [5, 5.41) is 1.39. The summed E-state index contributed by atoms with van der Waals surface area (Å²) in [7, 11) is 0. The maximum absolute atomic E-state index is 15.2. The molecule has 0 aliphatic heterocycles. The van der Waals surface area contributed by atoms with E-state index >= 15 is 4.39 Å². The van der Waals surface area contributed by atoms with Crippen LogP contribution in [0.5, 0.6) is 5.75 Å². The van der Waals surface area contributed by atoms with Crippen molar-refractivity contribution >= 4 is 10.8 Å². The molecule has 4 aromatic rings. The van der Waals surface area contributed by atoms with Crippen LogP contribution in [0.15, 0.2) is 72.9 Å². The van der Waals surface area contributed by atoms with Crippen LogP contribution in [-0.4, -0.2) is 11.6 Å². The molecule has 0 saturated carbocycles. The highest BCUT2D eigenvalue weighted by atomic mass is 19.4. The summed E-state index contributed by atoms with van der Waals surface area (Å²) >= 11 is 0. The lowest BCUT2D eigenvalue weighted by molar-refractivity contribution is -0.137. The summed E-state index contributed by atoms with van der Waals surface area (Å²) in [6.45, 7) is 2.93. The van der Waals surface area contributed by atoms with Gasteiger partial charge in [-0.2, -0.15) is 13.2 Å². The van der Waals surface area contributed by atoms with Gasteiger partial charge in [-0.1, -0.05) is 75.1 Å². The molecule has 0 unspecified atom stereocenters. The van der Waals surface area contributed by atoms with Crippen molar-refractivity contribution in [2.75, 3.05) is 6.61 Å². The number of benzene rings is 3. The maximum atomic E-state index is 15.2. The molecule has 4 rings (SSSR count). The standard InChI is InChI=1S/C33H35F4NO/c1-2-3-4-5-6-21-39-30-19-18-29(38-23-30)17-10-25-11-20-31-27(22-25)14-13-26(32(31)34)12-7-24-8-15-28(16-9-24)33(35,36)37/h8-9,11,13-16,18-20,22-23H,2-7,10,12,17,21H2,1H3. The zero-order valence-corrected chi connectivity index (χ0v) is 22.4. The highest BCUT2D eigenvalue weighted by Gasteiger charge is 2.29. The average molecular weight is 538 g/mol. The van der Waals surface area contributed by atoms with Gasteiger partial charge in [-0.05, 0) is 78.4 Å². The molecule has 0 spiro atoms. The van der Waals surface area contributed by atoms with E-state index in [4.69, 9.17) is 4.74 Å². The van der Waals surface area contributed by atoms with Crippen LogP contribution in [0.25, 0.3) is 10.8 Å². The molecule has 0 bridgehead atoms. The Morgan fingerprint density at radius 2 is 1.49 bits per heavy atom. The van der Waals surface area contributed by atoms with Crippen LogP contribution < -0.4 is 4.74 Å². The number of nitrogens with zero attached hydrogens (tertiary/aromatic N) is 1. The number of unbranched alkanes of at least 4 members (excludes halogenated alkanes) is 4. The first-order valence-electron chi connectivity index (χ1n) is 13.8. The summed E-state index contributed by atoms with van der Waals surface area (Å²) in [5.74, 6) is 0.526. The Balaban J connectivity index is 1.29. The minimum atomic E-state index is -4.36. The van der Waals surface area contributed by atoms with Crippen LogP contribution in [0, 0.1) is 5.82 Å². The van der Waals surface area contributed by atoms with Gasteiger partial charge in [0.25, 0.3) is 0 Å². The van der Waals surface area contributed by atoms with Gasteiger partial charge in [0, 0.05) is 11.1 Å². The molecule has 0 amide bonds. The quantitative estimate of drug-likeness (QED) is 0.125. The van der Waals surface area contributed by atoms with E-state index in [1.165, 1.54) is 37.8 Å². The largest absolute Gasteiger partial charge is 0.492 e. The lowest BCUT2D eigenvalue weighted by Crippen LogP contribution is -2.04. The molecule has 0 atom stereocenters. The lowest BCUT2D eigenvalue weighted by atomic mass is 9.97. The number of alkyl halides is 3. The second-order valence-corrected chi connectivity index (χ2v) is 10.0. The first kappa shape index (κ1) is 28.6. The van der Waals surface area contributed by atoms with E-state index in [0.717, 1.165) is 66.0 Å². The van der Waals surface area contributed by atoms with Crippen LogP contribution in [0.3, 0.4) is 0 Å². The molecule has 39 heavy (non-hydrogen) atoms. The van der Waals surface area contributed by atoms with E-state index in [1.807, 2.05) is 36.4 Å². The van der Waals surface area contributed by atoms with Crippen LogP contribution in [-0.2, 0) is 31.9 Å². The predicted molar refractivity (Wildman–Crippen MR) is 149 cm³/mol. The Kier molecular flexibility index (Phi) is 9.96. The molecule has 2 nitrogen and oxygen atoms in total. The monoisotopic (exact) mass is 537 g/mol. The molecule has 3 aromatic carbocycles. The van der Waals surface area contributed by atoms with E-state index < -0.39 is 11.7 Å². The first-order valence-corrected chi connectivity index (χ1v) is 13.8. The van der Waals surface area contributed by atoms with Gasteiger partial charge < -0.3 is 4.74 Å². The Bertz CT molecular complexity index is 1330. The minimum absolute atomic E-state index is 0.270. The SMILES string of the molecule is CCCCCCCOc1ccc(CCc2ccc3c(F)c(CCc4ccc(C(F)(F)F)cc4)ccc3c2)nc1. The topological polar surface area (TPSA) is 22.1 Å². The average Bonchev–Trinajstić information content (AvgIpc) is 2.94. The molecular weight excluding hydrogens is 502 g/mol. The number of hydrogen-bond acceptors (Lipinski definition) is 2. The number of aryl methyl sites for hydroxylation is 4. The van der Waals surface area contributed by atoms with Crippen LogP contribution in [0.1, 0.15) is 67.0 Å². The summed E-state index contributed by atoms with van der Waals surface area (Å²) in [4.78, 5) is 4.53.